The molecule has 3 N–H and O–H groups in total. The first-order chi connectivity index (χ1) is 7.44. The standard InChI is InChI=1S/C12H18FNO2/c1-9-3-4-11(13)10(5-9)6-14-7-12(2,16)8-15/h3-5,14-16H,6-8H2,1-2H3. The van der Waals surface area contributed by atoms with Crippen LogP contribution in [0.2, 0.25) is 0 Å². The van der Waals surface area contributed by atoms with Crippen LogP contribution >= 0.6 is 0 Å². The number of aliphatic hydroxyl groups excluding tert-OH is 1. The predicted molar refractivity (Wildman–Crippen MR) is 60.6 cm³/mol. The summed E-state index contributed by atoms with van der Waals surface area (Å²) in [5, 5.41) is 21.3. The Bertz CT molecular complexity index is 353. The van der Waals surface area contributed by atoms with Gasteiger partial charge < -0.3 is 15.5 Å². The van der Waals surface area contributed by atoms with Crippen molar-refractivity contribution in [2.75, 3.05) is 13.2 Å². The van der Waals surface area contributed by atoms with Gasteiger partial charge in [0.2, 0.25) is 0 Å². The van der Waals surface area contributed by atoms with Crippen LogP contribution in [0.4, 0.5) is 4.39 Å². The lowest BCUT2D eigenvalue weighted by atomic mass is 10.1. The lowest BCUT2D eigenvalue weighted by Crippen LogP contribution is -2.40. The highest BCUT2D eigenvalue weighted by Gasteiger charge is 2.18. The molecular formula is C12H18FNO2. The summed E-state index contributed by atoms with van der Waals surface area (Å²) in [7, 11) is 0. The Kier molecular flexibility index (Phi) is 4.41. The first kappa shape index (κ1) is 13.1. The third kappa shape index (κ3) is 3.89. The monoisotopic (exact) mass is 227 g/mol. The highest BCUT2D eigenvalue weighted by Crippen LogP contribution is 2.10. The van der Waals surface area contributed by atoms with Gasteiger partial charge in [-0.2, -0.15) is 0 Å². The number of hydrogen-bond acceptors (Lipinski definition) is 3. The van der Waals surface area contributed by atoms with Crippen molar-refractivity contribution in [3.8, 4) is 0 Å². The minimum absolute atomic E-state index is 0.219. The van der Waals surface area contributed by atoms with Gasteiger partial charge in [0.1, 0.15) is 5.82 Å². The van der Waals surface area contributed by atoms with Gasteiger partial charge in [-0.3, -0.25) is 0 Å². The molecule has 0 spiro atoms. The molecule has 3 nitrogen and oxygen atoms in total. The van der Waals surface area contributed by atoms with Crippen molar-refractivity contribution in [3.63, 3.8) is 0 Å². The number of rotatable bonds is 5. The highest BCUT2D eigenvalue weighted by molar-refractivity contribution is 5.23. The molecule has 0 saturated carbocycles. The summed E-state index contributed by atoms with van der Waals surface area (Å²) in [6.45, 7) is 3.65. The van der Waals surface area contributed by atoms with E-state index >= 15 is 0 Å². The van der Waals surface area contributed by atoms with E-state index in [-0.39, 0.29) is 19.0 Å². The molecule has 0 radical (unpaired) electrons. The Morgan fingerprint density at radius 3 is 2.75 bits per heavy atom. The molecule has 0 aromatic heterocycles. The van der Waals surface area contributed by atoms with E-state index < -0.39 is 5.60 Å². The second-order valence-corrected chi connectivity index (χ2v) is 4.35. The Balaban J connectivity index is 2.52. The number of hydrogen-bond donors (Lipinski definition) is 3. The molecule has 0 heterocycles. The van der Waals surface area contributed by atoms with Gasteiger partial charge in [0.15, 0.2) is 0 Å². The highest BCUT2D eigenvalue weighted by atomic mass is 19.1. The maximum Gasteiger partial charge on any atom is 0.127 e. The molecule has 0 bridgehead atoms. The minimum atomic E-state index is -1.17. The SMILES string of the molecule is Cc1ccc(F)c(CNCC(C)(O)CO)c1. The van der Waals surface area contributed by atoms with E-state index in [0.29, 0.717) is 12.1 Å². The van der Waals surface area contributed by atoms with Crippen LogP contribution in [-0.2, 0) is 6.54 Å². The number of halogens is 1. The summed E-state index contributed by atoms with van der Waals surface area (Å²) in [5.74, 6) is -0.262. The molecule has 0 aliphatic heterocycles. The summed E-state index contributed by atoms with van der Waals surface area (Å²) < 4.78 is 13.3. The van der Waals surface area contributed by atoms with Crippen molar-refractivity contribution in [1.82, 2.24) is 5.32 Å². The lowest BCUT2D eigenvalue weighted by molar-refractivity contribution is 0.00249. The molecule has 0 fully saturated rings. The summed E-state index contributed by atoms with van der Waals surface area (Å²) in [5.41, 5.74) is 0.390. The Hall–Kier alpha value is -0.970. The zero-order valence-corrected chi connectivity index (χ0v) is 9.63. The number of aryl methyl sites for hydroxylation is 1. The summed E-state index contributed by atoms with van der Waals surface area (Å²) in [4.78, 5) is 0. The van der Waals surface area contributed by atoms with Crippen molar-refractivity contribution in [2.24, 2.45) is 0 Å². The second-order valence-electron chi connectivity index (χ2n) is 4.35. The molecule has 1 atom stereocenters. The first-order valence-corrected chi connectivity index (χ1v) is 5.23. The molecule has 16 heavy (non-hydrogen) atoms. The van der Waals surface area contributed by atoms with E-state index in [1.54, 1.807) is 12.1 Å². The molecule has 90 valence electrons. The van der Waals surface area contributed by atoms with Gasteiger partial charge in [-0.15, -0.1) is 0 Å². The lowest BCUT2D eigenvalue weighted by Gasteiger charge is -2.20. The van der Waals surface area contributed by atoms with Gasteiger partial charge in [-0.05, 0) is 19.9 Å². The molecule has 1 rings (SSSR count). The number of benzene rings is 1. The molecule has 1 aromatic carbocycles. The smallest absolute Gasteiger partial charge is 0.127 e. The molecular weight excluding hydrogens is 209 g/mol. The van der Waals surface area contributed by atoms with Crippen molar-refractivity contribution in [1.29, 1.82) is 0 Å². The van der Waals surface area contributed by atoms with Crippen molar-refractivity contribution in [2.45, 2.75) is 26.0 Å². The Labute approximate surface area is 94.9 Å². The molecule has 1 aromatic rings. The average Bonchev–Trinajstić information content (AvgIpc) is 2.23. The average molecular weight is 227 g/mol. The largest absolute Gasteiger partial charge is 0.393 e. The van der Waals surface area contributed by atoms with Crippen LogP contribution in [0, 0.1) is 12.7 Å². The van der Waals surface area contributed by atoms with E-state index in [9.17, 15) is 9.50 Å². The van der Waals surface area contributed by atoms with E-state index in [1.807, 2.05) is 6.92 Å². The third-order valence-corrected chi connectivity index (χ3v) is 2.36. The molecule has 1 unspecified atom stereocenters. The van der Waals surface area contributed by atoms with Crippen LogP contribution in [-0.4, -0.2) is 29.0 Å². The maximum atomic E-state index is 13.3. The van der Waals surface area contributed by atoms with Gasteiger partial charge in [0.25, 0.3) is 0 Å². The maximum absolute atomic E-state index is 13.3. The van der Waals surface area contributed by atoms with Gasteiger partial charge in [0.05, 0.1) is 12.2 Å². The second kappa shape index (κ2) is 5.39. The van der Waals surface area contributed by atoms with Crippen LogP contribution in [0.15, 0.2) is 18.2 Å². The first-order valence-electron chi connectivity index (χ1n) is 5.23. The molecule has 0 saturated heterocycles. The third-order valence-electron chi connectivity index (χ3n) is 2.36. The topological polar surface area (TPSA) is 52.5 Å². The minimum Gasteiger partial charge on any atom is -0.393 e. The van der Waals surface area contributed by atoms with Crippen LogP contribution in [0.5, 0.6) is 0 Å². The van der Waals surface area contributed by atoms with E-state index in [0.717, 1.165) is 5.56 Å². The summed E-state index contributed by atoms with van der Waals surface area (Å²) in [6.07, 6.45) is 0. The van der Waals surface area contributed by atoms with Crippen LogP contribution in [0.25, 0.3) is 0 Å². The quantitative estimate of drug-likeness (QED) is 0.702. The normalized spacial score (nSPS) is 14.8. The summed E-state index contributed by atoms with van der Waals surface area (Å²) >= 11 is 0. The number of aliphatic hydroxyl groups is 2. The van der Waals surface area contributed by atoms with Crippen LogP contribution in [0.3, 0.4) is 0 Å². The van der Waals surface area contributed by atoms with Crippen molar-refractivity contribution >= 4 is 0 Å². The molecule has 4 heteroatoms. The van der Waals surface area contributed by atoms with Gasteiger partial charge >= 0.3 is 0 Å². The fourth-order valence-electron chi connectivity index (χ4n) is 1.36. The van der Waals surface area contributed by atoms with Gasteiger partial charge in [0, 0.05) is 18.7 Å². The zero-order valence-electron chi connectivity index (χ0n) is 9.63. The molecule has 0 aliphatic rings. The van der Waals surface area contributed by atoms with Gasteiger partial charge in [-0.25, -0.2) is 4.39 Å². The van der Waals surface area contributed by atoms with Gasteiger partial charge in [-0.1, -0.05) is 17.7 Å². The van der Waals surface area contributed by atoms with Crippen molar-refractivity contribution in [3.05, 3.63) is 35.1 Å². The van der Waals surface area contributed by atoms with E-state index in [2.05, 4.69) is 5.32 Å². The van der Waals surface area contributed by atoms with Crippen molar-refractivity contribution < 1.29 is 14.6 Å². The van der Waals surface area contributed by atoms with Crippen LogP contribution < -0.4 is 5.32 Å². The van der Waals surface area contributed by atoms with Crippen LogP contribution in [0.1, 0.15) is 18.1 Å². The fourth-order valence-corrected chi connectivity index (χ4v) is 1.36. The van der Waals surface area contributed by atoms with E-state index in [1.165, 1.54) is 13.0 Å². The van der Waals surface area contributed by atoms with E-state index in [4.69, 9.17) is 5.11 Å². The predicted octanol–water partition coefficient (Wildman–Crippen LogP) is 0.967. The number of nitrogens with one attached hydrogen (secondary N) is 1. The zero-order chi connectivity index (χ0) is 12.2. The Morgan fingerprint density at radius 2 is 2.12 bits per heavy atom. The molecule has 0 amide bonds. The molecule has 0 aliphatic carbocycles. The summed E-state index contributed by atoms with van der Waals surface area (Å²) in [6, 6.07) is 4.90. The Morgan fingerprint density at radius 1 is 1.44 bits per heavy atom. The fraction of sp³-hybridized carbons (Fsp3) is 0.500.